The Bertz CT molecular complexity index is 921. The van der Waals surface area contributed by atoms with Gasteiger partial charge in [-0.1, -0.05) is 47.5 Å². The molecular weight excluding hydrogens is 431 g/mol. The van der Waals surface area contributed by atoms with E-state index in [1.165, 1.54) is 27.8 Å². The lowest BCUT2D eigenvalue weighted by molar-refractivity contribution is -0.120. The third-order valence-corrected chi connectivity index (χ3v) is 8.18. The van der Waals surface area contributed by atoms with Crippen molar-refractivity contribution in [3.05, 3.63) is 33.3 Å². The molecular formula is C16H18Cl2N4O3S2. The van der Waals surface area contributed by atoms with E-state index in [2.05, 4.69) is 15.5 Å². The second-order valence-corrected chi connectivity index (χ2v) is 9.82. The molecule has 1 aromatic heterocycles. The highest BCUT2D eigenvalue weighted by atomic mass is 35.5. The molecule has 2 heterocycles. The van der Waals surface area contributed by atoms with E-state index in [-0.39, 0.29) is 39.9 Å². The predicted octanol–water partition coefficient (Wildman–Crippen LogP) is 3.45. The summed E-state index contributed by atoms with van der Waals surface area (Å²) in [7, 11) is -3.81. The van der Waals surface area contributed by atoms with Gasteiger partial charge in [-0.2, -0.15) is 4.31 Å². The Morgan fingerprint density at radius 2 is 1.89 bits per heavy atom. The van der Waals surface area contributed by atoms with E-state index < -0.39 is 10.0 Å². The SMILES string of the molecule is CCc1nnc(NC(=O)C2CCN(S(=O)(=O)c3c(Cl)cccc3Cl)CC2)s1. The van der Waals surface area contributed by atoms with E-state index in [4.69, 9.17) is 23.2 Å². The third kappa shape index (κ3) is 4.43. The van der Waals surface area contributed by atoms with Crippen LogP contribution in [0.4, 0.5) is 5.13 Å². The van der Waals surface area contributed by atoms with Crippen molar-refractivity contribution in [1.29, 1.82) is 0 Å². The number of nitrogens with one attached hydrogen (secondary N) is 1. The number of carbonyl (C=O) groups excluding carboxylic acids is 1. The molecule has 0 aliphatic carbocycles. The normalized spacial score (nSPS) is 16.4. The minimum absolute atomic E-state index is 0.0859. The van der Waals surface area contributed by atoms with E-state index in [1.807, 2.05) is 6.92 Å². The summed E-state index contributed by atoms with van der Waals surface area (Å²) < 4.78 is 27.1. The first-order valence-electron chi connectivity index (χ1n) is 8.40. The summed E-state index contributed by atoms with van der Waals surface area (Å²) in [5.41, 5.74) is 0. The van der Waals surface area contributed by atoms with E-state index >= 15 is 0 Å². The Morgan fingerprint density at radius 1 is 1.26 bits per heavy atom. The van der Waals surface area contributed by atoms with Crippen LogP contribution in [0.5, 0.6) is 0 Å². The number of aromatic nitrogens is 2. The van der Waals surface area contributed by atoms with Crippen molar-refractivity contribution in [1.82, 2.24) is 14.5 Å². The zero-order valence-corrected chi connectivity index (χ0v) is 17.6. The fourth-order valence-corrected chi connectivity index (χ4v) is 6.11. The quantitative estimate of drug-likeness (QED) is 0.755. The summed E-state index contributed by atoms with van der Waals surface area (Å²) >= 11 is 13.4. The summed E-state index contributed by atoms with van der Waals surface area (Å²) in [5, 5.41) is 12.2. The van der Waals surface area contributed by atoms with Gasteiger partial charge in [0.15, 0.2) is 0 Å². The number of aryl methyl sites for hydroxylation is 1. The Labute approximate surface area is 171 Å². The zero-order valence-electron chi connectivity index (χ0n) is 14.5. The van der Waals surface area contributed by atoms with Crippen LogP contribution < -0.4 is 5.32 Å². The largest absolute Gasteiger partial charge is 0.300 e. The molecule has 7 nitrogen and oxygen atoms in total. The molecule has 1 amide bonds. The number of carbonyl (C=O) groups is 1. The Kier molecular flexibility index (Phi) is 6.37. The average Bonchev–Trinajstić information content (AvgIpc) is 3.09. The van der Waals surface area contributed by atoms with Crippen molar-refractivity contribution >= 4 is 55.6 Å². The van der Waals surface area contributed by atoms with Gasteiger partial charge in [-0.15, -0.1) is 10.2 Å². The molecule has 1 aromatic carbocycles. The average molecular weight is 449 g/mol. The fraction of sp³-hybridized carbons (Fsp3) is 0.438. The van der Waals surface area contributed by atoms with E-state index in [1.54, 1.807) is 6.07 Å². The van der Waals surface area contributed by atoms with Crippen LogP contribution >= 0.6 is 34.5 Å². The zero-order chi connectivity index (χ0) is 19.6. The minimum Gasteiger partial charge on any atom is -0.300 e. The second-order valence-electron chi connectivity index (χ2n) is 6.07. The topological polar surface area (TPSA) is 92.3 Å². The smallest absolute Gasteiger partial charge is 0.246 e. The van der Waals surface area contributed by atoms with Gasteiger partial charge in [-0.25, -0.2) is 8.42 Å². The van der Waals surface area contributed by atoms with Crippen molar-refractivity contribution in [2.24, 2.45) is 5.92 Å². The maximum Gasteiger partial charge on any atom is 0.246 e. The highest BCUT2D eigenvalue weighted by Gasteiger charge is 2.34. The lowest BCUT2D eigenvalue weighted by atomic mass is 9.97. The maximum absolute atomic E-state index is 12.9. The van der Waals surface area contributed by atoms with Crippen LogP contribution in [0.1, 0.15) is 24.8 Å². The molecule has 27 heavy (non-hydrogen) atoms. The molecule has 1 N–H and O–H groups in total. The Balaban J connectivity index is 1.65. The lowest BCUT2D eigenvalue weighted by Gasteiger charge is -2.30. The molecule has 1 saturated heterocycles. The number of rotatable bonds is 5. The molecule has 1 aliphatic rings. The van der Waals surface area contributed by atoms with Gasteiger partial charge in [0.05, 0.1) is 10.0 Å². The van der Waals surface area contributed by atoms with Crippen molar-refractivity contribution in [2.75, 3.05) is 18.4 Å². The standard InChI is InChI=1S/C16H18Cl2N4O3S2/c1-2-13-20-21-16(26-13)19-15(23)10-6-8-22(9-7-10)27(24,25)14-11(17)4-3-5-12(14)18/h3-5,10H,2,6-9H2,1H3,(H,19,21,23). The van der Waals surface area contributed by atoms with Gasteiger partial charge in [-0.3, -0.25) is 4.79 Å². The third-order valence-electron chi connectivity index (χ3n) is 4.34. The van der Waals surface area contributed by atoms with Crippen LogP contribution in [0.25, 0.3) is 0 Å². The van der Waals surface area contributed by atoms with Gasteiger partial charge < -0.3 is 5.32 Å². The first-order chi connectivity index (χ1) is 12.8. The van der Waals surface area contributed by atoms with Gasteiger partial charge >= 0.3 is 0 Å². The second kappa shape index (κ2) is 8.40. The van der Waals surface area contributed by atoms with Crippen LogP contribution in [0.2, 0.25) is 10.0 Å². The monoisotopic (exact) mass is 448 g/mol. The molecule has 0 atom stereocenters. The molecule has 0 bridgehead atoms. The first-order valence-corrected chi connectivity index (χ1v) is 11.4. The summed E-state index contributed by atoms with van der Waals surface area (Å²) in [4.78, 5) is 12.3. The summed E-state index contributed by atoms with van der Waals surface area (Å²) in [5.74, 6) is -0.450. The molecule has 0 unspecified atom stereocenters. The number of hydrogen-bond donors (Lipinski definition) is 1. The molecule has 3 rings (SSSR count). The number of piperidine rings is 1. The van der Waals surface area contributed by atoms with Gasteiger partial charge in [0.1, 0.15) is 9.90 Å². The van der Waals surface area contributed by atoms with Crippen molar-refractivity contribution < 1.29 is 13.2 Å². The molecule has 0 spiro atoms. The summed E-state index contributed by atoms with van der Waals surface area (Å²) in [6.45, 7) is 2.41. The van der Waals surface area contributed by atoms with Crippen LogP contribution in [-0.2, 0) is 21.2 Å². The maximum atomic E-state index is 12.9. The summed E-state index contributed by atoms with van der Waals surface area (Å²) in [6, 6.07) is 4.58. The molecule has 11 heteroatoms. The lowest BCUT2D eigenvalue weighted by Crippen LogP contribution is -2.41. The number of halogens is 2. The van der Waals surface area contributed by atoms with E-state index in [0.29, 0.717) is 18.0 Å². The fourth-order valence-electron chi connectivity index (χ4n) is 2.87. The number of anilines is 1. The number of sulfonamides is 1. The highest BCUT2D eigenvalue weighted by Crippen LogP contribution is 2.33. The van der Waals surface area contributed by atoms with Gasteiger partial charge in [-0.05, 0) is 31.4 Å². The molecule has 0 radical (unpaired) electrons. The van der Waals surface area contributed by atoms with Crippen LogP contribution in [0.15, 0.2) is 23.1 Å². The Morgan fingerprint density at radius 3 is 2.44 bits per heavy atom. The van der Waals surface area contributed by atoms with Crippen LogP contribution in [-0.4, -0.2) is 41.9 Å². The van der Waals surface area contributed by atoms with Crippen molar-refractivity contribution in [2.45, 2.75) is 31.1 Å². The number of amides is 1. The predicted molar refractivity (Wildman–Crippen MR) is 106 cm³/mol. The first kappa shape index (κ1) is 20.5. The van der Waals surface area contributed by atoms with Crippen LogP contribution in [0, 0.1) is 5.92 Å². The van der Waals surface area contributed by atoms with Crippen molar-refractivity contribution in [3.63, 3.8) is 0 Å². The Hall–Kier alpha value is -1.26. The van der Waals surface area contributed by atoms with Crippen LogP contribution in [0.3, 0.4) is 0 Å². The number of hydrogen-bond acceptors (Lipinski definition) is 6. The molecule has 2 aromatic rings. The highest BCUT2D eigenvalue weighted by molar-refractivity contribution is 7.89. The number of nitrogens with zero attached hydrogens (tertiary/aromatic N) is 3. The van der Waals surface area contributed by atoms with Gasteiger partial charge in [0.25, 0.3) is 0 Å². The summed E-state index contributed by atoms with van der Waals surface area (Å²) in [6.07, 6.45) is 1.58. The van der Waals surface area contributed by atoms with E-state index in [9.17, 15) is 13.2 Å². The van der Waals surface area contributed by atoms with Crippen molar-refractivity contribution in [3.8, 4) is 0 Å². The van der Waals surface area contributed by atoms with Gasteiger partial charge in [0, 0.05) is 19.0 Å². The molecule has 146 valence electrons. The number of benzene rings is 1. The molecule has 1 fully saturated rings. The van der Waals surface area contributed by atoms with E-state index in [0.717, 1.165) is 11.4 Å². The van der Waals surface area contributed by atoms with Gasteiger partial charge in [0.2, 0.25) is 21.1 Å². The molecule has 1 aliphatic heterocycles. The molecule has 0 saturated carbocycles. The minimum atomic E-state index is -3.81.